The molecule has 1 saturated carbocycles. The average Bonchev–Trinajstić information content (AvgIpc) is 3.03. The van der Waals surface area contributed by atoms with Crippen LogP contribution in [-0.2, 0) is 4.79 Å². The fourth-order valence-corrected chi connectivity index (χ4v) is 3.44. The van der Waals surface area contributed by atoms with Crippen molar-refractivity contribution in [2.24, 2.45) is 5.92 Å². The molecule has 2 heterocycles. The van der Waals surface area contributed by atoms with Crippen molar-refractivity contribution in [3.63, 3.8) is 0 Å². The molecule has 0 bridgehead atoms. The number of nitrogens with one attached hydrogen (secondary N) is 1. The van der Waals surface area contributed by atoms with Crippen LogP contribution in [0.3, 0.4) is 0 Å². The molecule has 2 aromatic rings. The number of benzene rings is 1. The van der Waals surface area contributed by atoms with E-state index in [4.69, 9.17) is 0 Å². The van der Waals surface area contributed by atoms with Crippen molar-refractivity contribution in [1.82, 2.24) is 9.88 Å². The van der Waals surface area contributed by atoms with E-state index in [9.17, 15) is 4.79 Å². The van der Waals surface area contributed by atoms with Gasteiger partial charge in [0.2, 0.25) is 5.91 Å². The van der Waals surface area contributed by atoms with Gasteiger partial charge in [0.15, 0.2) is 0 Å². The number of likely N-dealkylation sites (tertiary alicyclic amines) is 1. The summed E-state index contributed by atoms with van der Waals surface area (Å²) in [6.07, 6.45) is 4.53. The van der Waals surface area contributed by atoms with Crippen LogP contribution in [0.15, 0.2) is 30.3 Å². The van der Waals surface area contributed by atoms with Crippen LogP contribution in [0.5, 0.6) is 0 Å². The Bertz CT molecular complexity index is 608. The summed E-state index contributed by atoms with van der Waals surface area (Å²) < 4.78 is 0. The second kappa shape index (κ2) is 4.65. The number of aromatic amines is 1. The molecule has 1 aliphatic carbocycles. The Morgan fingerprint density at radius 1 is 1.20 bits per heavy atom. The molecule has 2 aliphatic rings. The van der Waals surface area contributed by atoms with Gasteiger partial charge < -0.3 is 9.88 Å². The highest BCUT2D eigenvalue weighted by atomic mass is 16.2. The number of para-hydroxylation sites is 1. The van der Waals surface area contributed by atoms with E-state index in [1.165, 1.54) is 23.0 Å². The van der Waals surface area contributed by atoms with E-state index >= 15 is 0 Å². The lowest BCUT2D eigenvalue weighted by Gasteiger charge is -2.29. The minimum absolute atomic E-state index is 0.330. The van der Waals surface area contributed by atoms with Gasteiger partial charge in [-0.05, 0) is 36.8 Å². The van der Waals surface area contributed by atoms with Crippen LogP contribution in [-0.4, -0.2) is 28.9 Å². The number of amides is 1. The largest absolute Gasteiger partial charge is 0.358 e. The van der Waals surface area contributed by atoms with Gasteiger partial charge >= 0.3 is 0 Å². The van der Waals surface area contributed by atoms with Gasteiger partial charge in [0, 0.05) is 36.1 Å². The maximum atomic E-state index is 12.3. The average molecular weight is 268 g/mol. The zero-order valence-electron chi connectivity index (χ0n) is 11.6. The molecule has 4 rings (SSSR count). The highest BCUT2D eigenvalue weighted by molar-refractivity contribution is 5.81. The van der Waals surface area contributed by atoms with E-state index in [1.807, 2.05) is 0 Å². The summed E-state index contributed by atoms with van der Waals surface area (Å²) in [6, 6.07) is 10.6. The number of hydrogen-bond acceptors (Lipinski definition) is 1. The zero-order chi connectivity index (χ0) is 13.5. The number of aromatic nitrogens is 1. The lowest BCUT2D eigenvalue weighted by Crippen LogP contribution is -2.37. The maximum absolute atomic E-state index is 12.3. The van der Waals surface area contributed by atoms with Crippen molar-refractivity contribution in [2.75, 3.05) is 13.1 Å². The summed E-state index contributed by atoms with van der Waals surface area (Å²) in [6.45, 7) is 1.82. The summed E-state index contributed by atoms with van der Waals surface area (Å²) in [5.74, 6) is 1.21. The number of H-pyrrole nitrogens is 1. The maximum Gasteiger partial charge on any atom is 0.225 e. The van der Waals surface area contributed by atoms with E-state index in [2.05, 4.69) is 40.2 Å². The third-order valence-electron chi connectivity index (χ3n) is 4.94. The third kappa shape index (κ3) is 1.92. The van der Waals surface area contributed by atoms with Gasteiger partial charge in [-0.15, -0.1) is 0 Å². The molecule has 1 N–H and O–H groups in total. The molecule has 1 aromatic carbocycles. The lowest BCUT2D eigenvalue weighted by atomic mass is 9.84. The van der Waals surface area contributed by atoms with Gasteiger partial charge in [0.1, 0.15) is 0 Å². The number of fused-ring (bicyclic) bond motifs is 1. The summed E-state index contributed by atoms with van der Waals surface area (Å²) in [5.41, 5.74) is 2.49. The lowest BCUT2D eigenvalue weighted by molar-refractivity contribution is -0.137. The van der Waals surface area contributed by atoms with Gasteiger partial charge in [-0.3, -0.25) is 4.79 Å². The van der Waals surface area contributed by atoms with E-state index in [0.717, 1.165) is 32.4 Å². The molecule has 1 aromatic heterocycles. The minimum Gasteiger partial charge on any atom is -0.358 e. The Morgan fingerprint density at radius 3 is 2.80 bits per heavy atom. The molecule has 3 heteroatoms. The number of nitrogens with zero attached hydrogens (tertiary/aromatic N) is 1. The quantitative estimate of drug-likeness (QED) is 0.891. The van der Waals surface area contributed by atoms with Crippen molar-refractivity contribution in [1.29, 1.82) is 0 Å². The van der Waals surface area contributed by atoms with Gasteiger partial charge in [-0.25, -0.2) is 0 Å². The van der Waals surface area contributed by atoms with Crippen molar-refractivity contribution < 1.29 is 4.79 Å². The van der Waals surface area contributed by atoms with Crippen LogP contribution in [0.2, 0.25) is 0 Å². The standard InChI is InChI=1S/C17H20N2O/c20-17(12-5-3-6-12)19-9-8-14(11-19)16-10-13-4-1-2-7-15(13)18-16/h1-2,4,7,10,12,14,18H,3,5-6,8-9,11H2. The highest BCUT2D eigenvalue weighted by Gasteiger charge is 2.34. The van der Waals surface area contributed by atoms with Crippen molar-refractivity contribution in [2.45, 2.75) is 31.6 Å². The van der Waals surface area contributed by atoms with Gasteiger partial charge in [-0.1, -0.05) is 24.6 Å². The second-order valence-corrected chi connectivity index (χ2v) is 6.21. The summed E-state index contributed by atoms with van der Waals surface area (Å²) >= 11 is 0. The van der Waals surface area contributed by atoms with E-state index in [1.54, 1.807) is 0 Å². The topological polar surface area (TPSA) is 36.1 Å². The molecule has 0 spiro atoms. The first-order chi connectivity index (χ1) is 9.81. The first kappa shape index (κ1) is 12.0. The van der Waals surface area contributed by atoms with Gasteiger partial charge in [0.05, 0.1) is 0 Å². The molecular weight excluding hydrogens is 248 g/mol. The Labute approximate surface area is 119 Å². The molecule has 1 amide bonds. The molecular formula is C17H20N2O. The summed E-state index contributed by atoms with van der Waals surface area (Å²) in [4.78, 5) is 17.9. The second-order valence-electron chi connectivity index (χ2n) is 6.21. The number of carbonyl (C=O) groups is 1. The van der Waals surface area contributed by atoms with Crippen molar-refractivity contribution in [3.05, 3.63) is 36.0 Å². The molecule has 1 aliphatic heterocycles. The summed E-state index contributed by atoms with van der Waals surface area (Å²) in [7, 11) is 0. The Kier molecular flexibility index (Phi) is 2.79. The third-order valence-corrected chi connectivity index (χ3v) is 4.94. The van der Waals surface area contributed by atoms with Gasteiger partial charge in [0.25, 0.3) is 0 Å². The molecule has 1 unspecified atom stereocenters. The molecule has 3 nitrogen and oxygen atoms in total. The van der Waals surface area contributed by atoms with E-state index < -0.39 is 0 Å². The van der Waals surface area contributed by atoms with Crippen molar-refractivity contribution >= 4 is 16.8 Å². The minimum atomic E-state index is 0.330. The number of carbonyl (C=O) groups excluding carboxylic acids is 1. The zero-order valence-corrected chi connectivity index (χ0v) is 11.6. The van der Waals surface area contributed by atoms with E-state index in [-0.39, 0.29) is 0 Å². The number of rotatable bonds is 2. The molecule has 0 radical (unpaired) electrons. The highest BCUT2D eigenvalue weighted by Crippen LogP contribution is 2.33. The first-order valence-corrected chi connectivity index (χ1v) is 7.68. The van der Waals surface area contributed by atoms with Crippen LogP contribution >= 0.6 is 0 Å². The molecule has 1 saturated heterocycles. The fourth-order valence-electron chi connectivity index (χ4n) is 3.44. The van der Waals surface area contributed by atoms with Gasteiger partial charge in [-0.2, -0.15) is 0 Å². The summed E-state index contributed by atoms with van der Waals surface area (Å²) in [5, 5.41) is 1.27. The smallest absolute Gasteiger partial charge is 0.225 e. The normalized spacial score (nSPS) is 23.2. The van der Waals surface area contributed by atoms with Crippen LogP contribution in [0, 0.1) is 5.92 Å². The van der Waals surface area contributed by atoms with Crippen LogP contribution in [0.25, 0.3) is 10.9 Å². The molecule has 20 heavy (non-hydrogen) atoms. The molecule has 2 fully saturated rings. The van der Waals surface area contributed by atoms with Crippen LogP contribution in [0.1, 0.15) is 37.3 Å². The van der Waals surface area contributed by atoms with Crippen LogP contribution in [0.4, 0.5) is 0 Å². The predicted octanol–water partition coefficient (Wildman–Crippen LogP) is 3.28. The molecule has 1 atom stereocenters. The predicted molar refractivity (Wildman–Crippen MR) is 79.6 cm³/mol. The SMILES string of the molecule is O=C(C1CCC1)N1CCC(c2cc3ccccc3[nH]2)C1. The number of hydrogen-bond donors (Lipinski definition) is 1. The Balaban J connectivity index is 1.51. The first-order valence-electron chi connectivity index (χ1n) is 7.68. The fraction of sp³-hybridized carbons (Fsp3) is 0.471. The molecule has 104 valence electrons. The Morgan fingerprint density at radius 2 is 2.05 bits per heavy atom. The van der Waals surface area contributed by atoms with Crippen molar-refractivity contribution in [3.8, 4) is 0 Å². The Hall–Kier alpha value is -1.77. The van der Waals surface area contributed by atoms with Crippen LogP contribution < -0.4 is 0 Å². The van der Waals surface area contributed by atoms with E-state index in [0.29, 0.717) is 17.7 Å². The monoisotopic (exact) mass is 268 g/mol.